The third kappa shape index (κ3) is 4.91. The molecule has 0 spiro atoms. The van der Waals surface area contributed by atoms with E-state index in [1.54, 1.807) is 28.5 Å². The normalized spacial score (nSPS) is 17.7. The highest BCUT2D eigenvalue weighted by Crippen LogP contribution is 2.28. The number of thiazole rings is 1. The lowest BCUT2D eigenvalue weighted by Gasteiger charge is -2.30. The smallest absolute Gasteiger partial charge is 0.265 e. The molecule has 0 aliphatic carbocycles. The molecule has 1 amide bonds. The van der Waals surface area contributed by atoms with Gasteiger partial charge in [0.2, 0.25) is 5.91 Å². The molecule has 1 aromatic heterocycles. The van der Waals surface area contributed by atoms with Gasteiger partial charge in [-0.2, -0.15) is 0 Å². The third-order valence-electron chi connectivity index (χ3n) is 4.98. The summed E-state index contributed by atoms with van der Waals surface area (Å²) in [5.41, 5.74) is 1.20. The van der Waals surface area contributed by atoms with Crippen LogP contribution in [0.25, 0.3) is 0 Å². The van der Waals surface area contributed by atoms with Gasteiger partial charge in [0.15, 0.2) is 5.13 Å². The summed E-state index contributed by atoms with van der Waals surface area (Å²) in [7, 11) is -3.83. The molecule has 0 bridgehead atoms. The molecule has 1 aromatic carbocycles. The monoisotopic (exact) mass is 452 g/mol. The molecule has 3 heterocycles. The van der Waals surface area contributed by atoms with Gasteiger partial charge in [0.1, 0.15) is 4.90 Å². The van der Waals surface area contributed by atoms with Crippen LogP contribution in [0.3, 0.4) is 0 Å². The van der Waals surface area contributed by atoms with E-state index in [1.807, 2.05) is 11.0 Å². The molecule has 2 fully saturated rings. The molecule has 11 heteroatoms. The highest BCUT2D eigenvalue weighted by molar-refractivity contribution is 7.93. The maximum absolute atomic E-state index is 13.1. The van der Waals surface area contributed by atoms with E-state index < -0.39 is 10.0 Å². The number of para-hydroxylation sites is 1. The van der Waals surface area contributed by atoms with Crippen molar-refractivity contribution < 1.29 is 22.7 Å². The van der Waals surface area contributed by atoms with E-state index in [2.05, 4.69) is 9.71 Å². The minimum Gasteiger partial charge on any atom is -0.378 e. The Morgan fingerprint density at radius 3 is 2.47 bits per heavy atom. The van der Waals surface area contributed by atoms with E-state index in [0.29, 0.717) is 64.0 Å². The standard InChI is InChI=1S/C19H24N4O5S2/c24-18(23-7-11-28-12-8-23)13-15-14-29-19(20-15)21-30(25,26)17-4-2-1-3-16(17)22-5-9-27-10-6-22/h1-4,14H,5-13H2,(H,20,21). The highest BCUT2D eigenvalue weighted by Gasteiger charge is 2.24. The Morgan fingerprint density at radius 1 is 1.07 bits per heavy atom. The van der Waals surface area contributed by atoms with Crippen LogP contribution in [0.15, 0.2) is 34.5 Å². The predicted octanol–water partition coefficient (Wildman–Crippen LogP) is 1.18. The molecule has 162 valence electrons. The maximum Gasteiger partial charge on any atom is 0.265 e. The summed E-state index contributed by atoms with van der Waals surface area (Å²) < 4.78 is 39.3. The summed E-state index contributed by atoms with van der Waals surface area (Å²) in [6, 6.07) is 6.91. The molecule has 0 saturated carbocycles. The number of aromatic nitrogens is 1. The van der Waals surface area contributed by atoms with Crippen LogP contribution in [0.5, 0.6) is 0 Å². The Balaban J connectivity index is 1.46. The van der Waals surface area contributed by atoms with E-state index in [0.717, 1.165) is 0 Å². The Kier molecular flexibility index (Phi) is 6.52. The van der Waals surface area contributed by atoms with Gasteiger partial charge in [-0.25, -0.2) is 13.4 Å². The number of carbonyl (C=O) groups excluding carboxylic acids is 1. The number of hydrogen-bond donors (Lipinski definition) is 1. The molecule has 0 unspecified atom stereocenters. The first-order chi connectivity index (χ1) is 14.5. The van der Waals surface area contributed by atoms with Crippen LogP contribution in [-0.4, -0.2) is 76.8 Å². The molecule has 1 N–H and O–H groups in total. The number of hydrogen-bond acceptors (Lipinski definition) is 8. The number of sulfonamides is 1. The number of nitrogens with one attached hydrogen (secondary N) is 1. The van der Waals surface area contributed by atoms with Crippen molar-refractivity contribution in [3.8, 4) is 0 Å². The van der Waals surface area contributed by atoms with Crippen LogP contribution < -0.4 is 9.62 Å². The van der Waals surface area contributed by atoms with Crippen LogP contribution in [0.2, 0.25) is 0 Å². The molecule has 30 heavy (non-hydrogen) atoms. The van der Waals surface area contributed by atoms with Crippen molar-refractivity contribution in [1.82, 2.24) is 9.88 Å². The molecular weight excluding hydrogens is 428 g/mol. The molecule has 0 atom stereocenters. The second-order valence-corrected chi connectivity index (χ2v) is 9.50. The fourth-order valence-electron chi connectivity index (χ4n) is 3.43. The number of nitrogens with zero attached hydrogens (tertiary/aromatic N) is 3. The highest BCUT2D eigenvalue weighted by atomic mass is 32.2. The second kappa shape index (κ2) is 9.29. The summed E-state index contributed by atoms with van der Waals surface area (Å²) in [4.78, 5) is 20.6. The summed E-state index contributed by atoms with van der Waals surface area (Å²) in [5.74, 6) is -0.0318. The van der Waals surface area contributed by atoms with E-state index in [4.69, 9.17) is 9.47 Å². The summed E-state index contributed by atoms with van der Waals surface area (Å²) in [6.45, 7) is 4.62. The SMILES string of the molecule is O=C(Cc1csc(NS(=O)(=O)c2ccccc2N2CCOCC2)n1)N1CCOCC1. The first-order valence-corrected chi connectivity index (χ1v) is 12.1. The van der Waals surface area contributed by atoms with Gasteiger partial charge >= 0.3 is 0 Å². The Hall–Kier alpha value is -2.21. The van der Waals surface area contributed by atoms with Gasteiger partial charge in [-0.1, -0.05) is 12.1 Å². The van der Waals surface area contributed by atoms with Gasteiger partial charge in [0.25, 0.3) is 10.0 Å². The zero-order chi connectivity index (χ0) is 21.0. The van der Waals surface area contributed by atoms with Crippen LogP contribution in [0.4, 0.5) is 10.8 Å². The van der Waals surface area contributed by atoms with Crippen molar-refractivity contribution in [3.63, 3.8) is 0 Å². The lowest BCUT2D eigenvalue weighted by Crippen LogP contribution is -2.41. The zero-order valence-corrected chi connectivity index (χ0v) is 18.1. The Labute approximate surface area is 179 Å². The minimum absolute atomic E-state index is 0.0318. The molecule has 9 nitrogen and oxygen atoms in total. The van der Waals surface area contributed by atoms with Crippen LogP contribution >= 0.6 is 11.3 Å². The average molecular weight is 453 g/mol. The van der Waals surface area contributed by atoms with Crippen molar-refractivity contribution in [2.75, 3.05) is 62.2 Å². The Morgan fingerprint density at radius 2 is 1.73 bits per heavy atom. The maximum atomic E-state index is 13.1. The minimum atomic E-state index is -3.83. The summed E-state index contributed by atoms with van der Waals surface area (Å²) in [5, 5.41) is 1.96. The number of ether oxygens (including phenoxy) is 2. The van der Waals surface area contributed by atoms with Crippen LogP contribution in [0, 0.1) is 0 Å². The van der Waals surface area contributed by atoms with E-state index >= 15 is 0 Å². The predicted molar refractivity (Wildman–Crippen MR) is 113 cm³/mol. The third-order valence-corrected chi connectivity index (χ3v) is 7.30. The van der Waals surface area contributed by atoms with Gasteiger partial charge in [0, 0.05) is 31.6 Å². The van der Waals surface area contributed by atoms with Crippen molar-refractivity contribution in [1.29, 1.82) is 0 Å². The number of benzene rings is 1. The van der Waals surface area contributed by atoms with Gasteiger partial charge in [-0.15, -0.1) is 11.3 Å². The summed E-state index contributed by atoms with van der Waals surface area (Å²) in [6.07, 6.45) is 0.141. The number of rotatable bonds is 6. The average Bonchev–Trinajstić information content (AvgIpc) is 3.21. The van der Waals surface area contributed by atoms with E-state index in [9.17, 15) is 13.2 Å². The first-order valence-electron chi connectivity index (χ1n) is 9.77. The fraction of sp³-hybridized carbons (Fsp3) is 0.474. The largest absolute Gasteiger partial charge is 0.378 e. The van der Waals surface area contributed by atoms with Gasteiger partial charge in [0.05, 0.1) is 44.2 Å². The molecular formula is C19H24N4O5S2. The lowest BCUT2D eigenvalue weighted by molar-refractivity contribution is -0.134. The second-order valence-electron chi connectivity index (χ2n) is 6.99. The molecule has 2 saturated heterocycles. The van der Waals surface area contributed by atoms with Crippen molar-refractivity contribution in [2.24, 2.45) is 0 Å². The molecule has 2 aromatic rings. The molecule has 0 radical (unpaired) electrons. The quantitative estimate of drug-likeness (QED) is 0.702. The summed E-state index contributed by atoms with van der Waals surface area (Å²) >= 11 is 1.17. The van der Waals surface area contributed by atoms with Crippen molar-refractivity contribution in [3.05, 3.63) is 35.3 Å². The molecule has 2 aliphatic rings. The molecule has 2 aliphatic heterocycles. The number of carbonyl (C=O) groups is 1. The fourth-order valence-corrected chi connectivity index (χ4v) is 5.63. The first kappa shape index (κ1) is 21.0. The number of anilines is 2. The zero-order valence-electron chi connectivity index (χ0n) is 16.5. The van der Waals surface area contributed by atoms with Crippen molar-refractivity contribution in [2.45, 2.75) is 11.3 Å². The van der Waals surface area contributed by atoms with Crippen LogP contribution in [-0.2, 0) is 30.7 Å². The van der Waals surface area contributed by atoms with Crippen LogP contribution in [0.1, 0.15) is 5.69 Å². The molecule has 4 rings (SSSR count). The van der Waals surface area contributed by atoms with Gasteiger partial charge in [-0.05, 0) is 12.1 Å². The number of morpholine rings is 2. The Bertz CT molecular complexity index is 982. The van der Waals surface area contributed by atoms with Gasteiger partial charge < -0.3 is 19.3 Å². The number of amides is 1. The van der Waals surface area contributed by atoms with Gasteiger partial charge in [-0.3, -0.25) is 9.52 Å². The lowest BCUT2D eigenvalue weighted by atomic mass is 10.2. The topological polar surface area (TPSA) is 101 Å². The van der Waals surface area contributed by atoms with E-state index in [1.165, 1.54) is 11.3 Å². The van der Waals surface area contributed by atoms with E-state index in [-0.39, 0.29) is 22.4 Å². The van der Waals surface area contributed by atoms with Crippen molar-refractivity contribution >= 4 is 38.1 Å².